The van der Waals surface area contributed by atoms with Crippen LogP contribution in [0.3, 0.4) is 0 Å². The maximum atomic E-state index is 3.49. The molecule has 1 rings (SSSR count). The maximum Gasteiger partial charge on any atom is 0.0299 e. The molecule has 0 aliphatic heterocycles. The number of hydrogen-bond acceptors (Lipinski definition) is 2. The van der Waals surface area contributed by atoms with Gasteiger partial charge in [-0.05, 0) is 23.3 Å². The molecule has 1 aromatic rings. The van der Waals surface area contributed by atoms with Crippen molar-refractivity contribution >= 4 is 11.3 Å². The van der Waals surface area contributed by atoms with Gasteiger partial charge in [-0.1, -0.05) is 26.8 Å². The Labute approximate surface area is 85.2 Å². The largest absolute Gasteiger partial charge is 0.311 e. The normalized spacial score (nSPS) is 11.9. The maximum absolute atomic E-state index is 3.49. The van der Waals surface area contributed by atoms with E-state index in [4.69, 9.17) is 0 Å². The monoisotopic (exact) mass is 197 g/mol. The summed E-state index contributed by atoms with van der Waals surface area (Å²) in [6.45, 7) is 8.96. The van der Waals surface area contributed by atoms with Crippen molar-refractivity contribution in [2.24, 2.45) is 5.41 Å². The molecule has 74 valence electrons. The highest BCUT2D eigenvalue weighted by Gasteiger charge is 2.13. The van der Waals surface area contributed by atoms with Crippen LogP contribution in [0.4, 0.5) is 0 Å². The fourth-order valence-electron chi connectivity index (χ4n) is 1.06. The fourth-order valence-corrected chi connectivity index (χ4v) is 1.74. The molecule has 0 amide bonds. The molecule has 0 unspecified atom stereocenters. The molecule has 1 heterocycles. The van der Waals surface area contributed by atoms with Gasteiger partial charge < -0.3 is 5.32 Å². The lowest BCUT2D eigenvalue weighted by molar-refractivity contribution is 0.328. The van der Waals surface area contributed by atoms with Crippen molar-refractivity contribution in [1.82, 2.24) is 5.32 Å². The summed E-state index contributed by atoms with van der Waals surface area (Å²) < 4.78 is 0. The lowest BCUT2D eigenvalue weighted by atomic mass is 9.90. The summed E-state index contributed by atoms with van der Waals surface area (Å²) in [6.07, 6.45) is 1.23. The van der Waals surface area contributed by atoms with Crippen molar-refractivity contribution in [3.05, 3.63) is 22.4 Å². The predicted octanol–water partition coefficient (Wildman–Crippen LogP) is 3.27. The smallest absolute Gasteiger partial charge is 0.0299 e. The van der Waals surface area contributed by atoms with Crippen LogP contribution in [0, 0.1) is 5.41 Å². The summed E-state index contributed by atoms with van der Waals surface area (Å²) in [5.74, 6) is 0. The molecule has 0 saturated heterocycles. The van der Waals surface area contributed by atoms with Crippen LogP contribution in [0.15, 0.2) is 17.5 Å². The molecule has 0 saturated carbocycles. The van der Waals surface area contributed by atoms with Gasteiger partial charge in [-0.3, -0.25) is 0 Å². The molecule has 0 aliphatic rings. The molecule has 0 fully saturated rings. The van der Waals surface area contributed by atoms with Crippen LogP contribution >= 0.6 is 11.3 Å². The Morgan fingerprint density at radius 3 is 2.77 bits per heavy atom. The van der Waals surface area contributed by atoms with Crippen LogP contribution in [0.2, 0.25) is 0 Å². The Balaban J connectivity index is 2.21. The molecule has 0 aliphatic carbocycles. The summed E-state index contributed by atoms with van der Waals surface area (Å²) in [7, 11) is 0. The lowest BCUT2D eigenvalue weighted by Gasteiger charge is -2.22. The van der Waals surface area contributed by atoms with E-state index in [9.17, 15) is 0 Å². The Morgan fingerprint density at radius 1 is 1.46 bits per heavy atom. The minimum Gasteiger partial charge on any atom is -0.311 e. The molecule has 0 atom stereocenters. The van der Waals surface area contributed by atoms with E-state index in [0.29, 0.717) is 5.41 Å². The molecular formula is C11H19NS. The minimum atomic E-state index is 0.428. The van der Waals surface area contributed by atoms with Crippen molar-refractivity contribution in [3.8, 4) is 0 Å². The second-order valence-corrected chi connectivity index (χ2v) is 5.23. The van der Waals surface area contributed by atoms with E-state index < -0.39 is 0 Å². The first-order chi connectivity index (χ1) is 6.14. The molecule has 0 aromatic carbocycles. The second kappa shape index (κ2) is 4.77. The summed E-state index contributed by atoms with van der Waals surface area (Å²) in [4.78, 5) is 1.42. The Kier molecular flexibility index (Phi) is 3.94. The topological polar surface area (TPSA) is 12.0 Å². The second-order valence-electron chi connectivity index (χ2n) is 4.20. The van der Waals surface area contributed by atoms with E-state index in [1.807, 2.05) is 11.3 Å². The van der Waals surface area contributed by atoms with Gasteiger partial charge in [0.2, 0.25) is 0 Å². The molecule has 0 radical (unpaired) electrons. The molecular weight excluding hydrogens is 178 g/mol. The van der Waals surface area contributed by atoms with Crippen molar-refractivity contribution in [2.45, 2.75) is 33.7 Å². The first-order valence-corrected chi connectivity index (χ1v) is 5.75. The number of thiophene rings is 1. The van der Waals surface area contributed by atoms with Crippen molar-refractivity contribution in [1.29, 1.82) is 0 Å². The van der Waals surface area contributed by atoms with Crippen LogP contribution in [0.25, 0.3) is 0 Å². The molecule has 1 aromatic heterocycles. The third-order valence-electron chi connectivity index (χ3n) is 2.44. The van der Waals surface area contributed by atoms with Crippen LogP contribution < -0.4 is 5.32 Å². The molecule has 0 bridgehead atoms. The third kappa shape index (κ3) is 3.92. The lowest BCUT2D eigenvalue weighted by Crippen LogP contribution is -2.28. The highest BCUT2D eigenvalue weighted by molar-refractivity contribution is 7.09. The number of nitrogens with one attached hydrogen (secondary N) is 1. The first-order valence-electron chi connectivity index (χ1n) is 4.87. The van der Waals surface area contributed by atoms with Crippen molar-refractivity contribution in [2.75, 3.05) is 6.54 Å². The van der Waals surface area contributed by atoms with Gasteiger partial charge in [0, 0.05) is 18.0 Å². The van der Waals surface area contributed by atoms with Gasteiger partial charge in [0.25, 0.3) is 0 Å². The van der Waals surface area contributed by atoms with Gasteiger partial charge in [0.05, 0.1) is 0 Å². The molecule has 1 N–H and O–H groups in total. The highest BCUT2D eigenvalue weighted by Crippen LogP contribution is 2.18. The average molecular weight is 197 g/mol. The predicted molar refractivity (Wildman–Crippen MR) is 60.1 cm³/mol. The van der Waals surface area contributed by atoms with Gasteiger partial charge >= 0.3 is 0 Å². The van der Waals surface area contributed by atoms with E-state index in [1.54, 1.807) is 0 Å². The summed E-state index contributed by atoms with van der Waals surface area (Å²) in [6, 6.07) is 4.28. The first kappa shape index (κ1) is 10.7. The zero-order valence-corrected chi connectivity index (χ0v) is 9.58. The van der Waals surface area contributed by atoms with E-state index in [0.717, 1.165) is 13.1 Å². The highest BCUT2D eigenvalue weighted by atomic mass is 32.1. The van der Waals surface area contributed by atoms with E-state index in [1.165, 1.54) is 11.3 Å². The van der Waals surface area contributed by atoms with E-state index >= 15 is 0 Å². The summed E-state index contributed by atoms with van der Waals surface area (Å²) in [5, 5.41) is 5.62. The van der Waals surface area contributed by atoms with Crippen LogP contribution in [-0.4, -0.2) is 6.54 Å². The Hall–Kier alpha value is -0.340. The molecule has 0 spiro atoms. The Morgan fingerprint density at radius 2 is 2.23 bits per heavy atom. The SMILES string of the molecule is CCC(C)(C)CNCc1cccs1. The summed E-state index contributed by atoms with van der Waals surface area (Å²) >= 11 is 1.82. The number of hydrogen-bond donors (Lipinski definition) is 1. The van der Waals surface area contributed by atoms with Crippen molar-refractivity contribution in [3.63, 3.8) is 0 Å². The number of rotatable bonds is 5. The zero-order valence-electron chi connectivity index (χ0n) is 8.76. The van der Waals surface area contributed by atoms with E-state index in [2.05, 4.69) is 43.6 Å². The van der Waals surface area contributed by atoms with Crippen molar-refractivity contribution < 1.29 is 0 Å². The summed E-state index contributed by atoms with van der Waals surface area (Å²) in [5.41, 5.74) is 0.428. The van der Waals surface area contributed by atoms with Gasteiger partial charge in [-0.2, -0.15) is 0 Å². The van der Waals surface area contributed by atoms with Crippen LogP contribution in [0.5, 0.6) is 0 Å². The third-order valence-corrected chi connectivity index (χ3v) is 3.32. The van der Waals surface area contributed by atoms with Gasteiger partial charge in [0.15, 0.2) is 0 Å². The molecule has 1 nitrogen and oxygen atoms in total. The van der Waals surface area contributed by atoms with E-state index in [-0.39, 0.29) is 0 Å². The fraction of sp³-hybridized carbons (Fsp3) is 0.636. The Bertz CT molecular complexity index is 226. The van der Waals surface area contributed by atoms with Gasteiger partial charge in [0.1, 0.15) is 0 Å². The van der Waals surface area contributed by atoms with Gasteiger partial charge in [-0.15, -0.1) is 11.3 Å². The average Bonchev–Trinajstić information content (AvgIpc) is 2.57. The molecule has 2 heteroatoms. The minimum absolute atomic E-state index is 0.428. The zero-order chi connectivity index (χ0) is 9.73. The molecule has 13 heavy (non-hydrogen) atoms. The van der Waals surface area contributed by atoms with Crippen LogP contribution in [-0.2, 0) is 6.54 Å². The van der Waals surface area contributed by atoms with Crippen LogP contribution in [0.1, 0.15) is 32.1 Å². The van der Waals surface area contributed by atoms with Gasteiger partial charge in [-0.25, -0.2) is 0 Å². The standard InChI is InChI=1S/C11H19NS/c1-4-11(2,3)9-12-8-10-6-5-7-13-10/h5-7,12H,4,8-9H2,1-3H3. The quantitative estimate of drug-likeness (QED) is 0.764.